The Balaban J connectivity index is 1.78. The van der Waals surface area contributed by atoms with Crippen molar-refractivity contribution < 1.29 is 4.74 Å². The Morgan fingerprint density at radius 1 is 1.20 bits per heavy atom. The highest BCUT2D eigenvalue weighted by Crippen LogP contribution is 2.30. The Bertz CT molecular complexity index is 422. The van der Waals surface area contributed by atoms with Crippen molar-refractivity contribution >= 4 is 17.5 Å². The summed E-state index contributed by atoms with van der Waals surface area (Å²) in [7, 11) is 0. The molecule has 0 aromatic carbocycles. The van der Waals surface area contributed by atoms with E-state index in [2.05, 4.69) is 27.2 Å². The Labute approximate surface area is 125 Å². The number of anilines is 1. The van der Waals surface area contributed by atoms with E-state index in [1.807, 2.05) is 6.92 Å². The van der Waals surface area contributed by atoms with Crippen LogP contribution < -0.4 is 10.1 Å². The molecule has 0 radical (unpaired) electrons. The molecule has 5 nitrogen and oxygen atoms in total. The van der Waals surface area contributed by atoms with Gasteiger partial charge in [0, 0.05) is 6.54 Å². The summed E-state index contributed by atoms with van der Waals surface area (Å²) in [5, 5.41) is 3.38. The molecule has 2 rings (SSSR count). The monoisotopic (exact) mass is 298 g/mol. The van der Waals surface area contributed by atoms with E-state index in [1.54, 1.807) is 0 Å². The Hall–Kier alpha value is -1.10. The molecular formula is C14H23ClN4O. The quantitative estimate of drug-likeness (QED) is 0.870. The summed E-state index contributed by atoms with van der Waals surface area (Å²) < 4.78 is 5.25. The lowest BCUT2D eigenvalue weighted by Crippen LogP contribution is -2.16. The smallest absolute Gasteiger partial charge is 0.322 e. The summed E-state index contributed by atoms with van der Waals surface area (Å²) in [6.07, 6.45) is 6.55. The first kappa shape index (κ1) is 15.3. The zero-order valence-corrected chi connectivity index (χ0v) is 13.0. The number of ether oxygens (including phenoxy) is 1. The number of hydrogen-bond acceptors (Lipinski definition) is 5. The minimum atomic E-state index is 0.164. The fraction of sp³-hybridized carbons (Fsp3) is 0.786. The maximum absolute atomic E-state index is 5.85. The van der Waals surface area contributed by atoms with Crippen LogP contribution in [0.3, 0.4) is 0 Å². The van der Waals surface area contributed by atoms with Crippen molar-refractivity contribution in [3.05, 3.63) is 5.28 Å². The van der Waals surface area contributed by atoms with Crippen molar-refractivity contribution in [1.29, 1.82) is 0 Å². The van der Waals surface area contributed by atoms with Gasteiger partial charge in [0.2, 0.25) is 11.2 Å². The predicted octanol–water partition coefficient (Wildman–Crippen LogP) is 3.55. The number of nitrogens with zero attached hydrogens (tertiary/aromatic N) is 3. The summed E-state index contributed by atoms with van der Waals surface area (Å²) in [4.78, 5) is 12.2. The molecule has 1 N–H and O–H groups in total. The van der Waals surface area contributed by atoms with E-state index in [-0.39, 0.29) is 11.3 Å². The first-order valence-electron chi connectivity index (χ1n) is 7.45. The van der Waals surface area contributed by atoms with E-state index in [0.29, 0.717) is 12.6 Å². The minimum absolute atomic E-state index is 0.164. The van der Waals surface area contributed by atoms with Gasteiger partial charge in [-0.25, -0.2) is 0 Å². The third-order valence-corrected chi connectivity index (χ3v) is 4.00. The molecule has 0 spiro atoms. The van der Waals surface area contributed by atoms with Crippen molar-refractivity contribution in [2.75, 3.05) is 18.5 Å². The van der Waals surface area contributed by atoms with Gasteiger partial charge in [-0.3, -0.25) is 0 Å². The summed E-state index contributed by atoms with van der Waals surface area (Å²) in [6.45, 7) is 5.61. The second kappa shape index (κ2) is 7.62. The molecule has 112 valence electrons. The largest absolute Gasteiger partial charge is 0.464 e. The van der Waals surface area contributed by atoms with E-state index >= 15 is 0 Å². The minimum Gasteiger partial charge on any atom is -0.464 e. The Morgan fingerprint density at radius 2 is 1.95 bits per heavy atom. The molecule has 1 fully saturated rings. The molecular weight excluding hydrogens is 276 g/mol. The second-order valence-corrected chi connectivity index (χ2v) is 5.82. The molecule has 0 amide bonds. The van der Waals surface area contributed by atoms with Gasteiger partial charge in [-0.15, -0.1) is 0 Å². The second-order valence-electron chi connectivity index (χ2n) is 5.48. The molecule has 0 atom stereocenters. The van der Waals surface area contributed by atoms with E-state index in [4.69, 9.17) is 16.3 Å². The van der Waals surface area contributed by atoms with Crippen LogP contribution in [0.25, 0.3) is 0 Å². The average molecular weight is 299 g/mol. The fourth-order valence-electron chi connectivity index (χ4n) is 2.61. The van der Waals surface area contributed by atoms with E-state index < -0.39 is 0 Å². The normalized spacial score (nSPS) is 22.6. The van der Waals surface area contributed by atoms with Crippen molar-refractivity contribution in [1.82, 2.24) is 15.0 Å². The van der Waals surface area contributed by atoms with E-state index in [1.165, 1.54) is 25.7 Å². The SMILES string of the molecule is CCOc1nc(Cl)nc(NCCC2CCC(C)CC2)n1. The molecule has 6 heteroatoms. The summed E-state index contributed by atoms with van der Waals surface area (Å²) in [6, 6.07) is 0.279. The lowest BCUT2D eigenvalue weighted by molar-refractivity contribution is 0.281. The molecule has 1 aliphatic rings. The third kappa shape index (κ3) is 4.78. The topological polar surface area (TPSA) is 59.9 Å². The fourth-order valence-corrected chi connectivity index (χ4v) is 2.76. The van der Waals surface area contributed by atoms with Gasteiger partial charge in [0.1, 0.15) is 0 Å². The van der Waals surface area contributed by atoms with Crippen molar-refractivity contribution in [2.24, 2.45) is 11.8 Å². The molecule has 1 aromatic rings. The first-order valence-corrected chi connectivity index (χ1v) is 7.83. The summed E-state index contributed by atoms with van der Waals surface area (Å²) in [5.41, 5.74) is 0. The number of rotatable bonds is 6. The molecule has 20 heavy (non-hydrogen) atoms. The maximum Gasteiger partial charge on any atom is 0.322 e. The van der Waals surface area contributed by atoms with Gasteiger partial charge < -0.3 is 10.1 Å². The van der Waals surface area contributed by atoms with Crippen LogP contribution in [-0.4, -0.2) is 28.1 Å². The molecule has 0 bridgehead atoms. The predicted molar refractivity (Wildman–Crippen MR) is 80.2 cm³/mol. The van der Waals surface area contributed by atoms with Gasteiger partial charge in [-0.05, 0) is 36.8 Å². The number of halogens is 1. The molecule has 0 aliphatic heterocycles. The van der Waals surface area contributed by atoms with E-state index in [9.17, 15) is 0 Å². The average Bonchev–Trinajstić information content (AvgIpc) is 2.41. The van der Waals surface area contributed by atoms with Crippen molar-refractivity contribution in [2.45, 2.75) is 46.0 Å². The molecule has 1 aliphatic carbocycles. The highest BCUT2D eigenvalue weighted by molar-refractivity contribution is 6.28. The standard InChI is InChI=1S/C14H23ClN4O/c1-3-20-14-18-12(15)17-13(19-14)16-9-8-11-6-4-10(2)5-7-11/h10-11H,3-9H2,1-2H3,(H,16,17,18,19). The Kier molecular flexibility index (Phi) is 5.83. The molecule has 1 saturated carbocycles. The van der Waals surface area contributed by atoms with Gasteiger partial charge in [-0.1, -0.05) is 32.6 Å². The lowest BCUT2D eigenvalue weighted by atomic mass is 9.81. The van der Waals surface area contributed by atoms with Crippen LogP contribution in [0.1, 0.15) is 46.0 Å². The van der Waals surface area contributed by atoms with Crippen LogP contribution in [0.2, 0.25) is 5.28 Å². The number of hydrogen-bond donors (Lipinski definition) is 1. The zero-order chi connectivity index (χ0) is 14.4. The van der Waals surface area contributed by atoms with Crippen LogP contribution in [-0.2, 0) is 0 Å². The maximum atomic E-state index is 5.85. The van der Waals surface area contributed by atoms with Crippen LogP contribution in [0.5, 0.6) is 6.01 Å². The molecule has 0 saturated heterocycles. The number of nitrogens with one attached hydrogen (secondary N) is 1. The highest BCUT2D eigenvalue weighted by Gasteiger charge is 2.17. The number of aromatic nitrogens is 3. The van der Waals surface area contributed by atoms with Gasteiger partial charge in [-0.2, -0.15) is 15.0 Å². The van der Waals surface area contributed by atoms with Gasteiger partial charge in [0.05, 0.1) is 6.61 Å². The lowest BCUT2D eigenvalue weighted by Gasteiger charge is -2.26. The van der Waals surface area contributed by atoms with Crippen molar-refractivity contribution in [3.63, 3.8) is 0 Å². The van der Waals surface area contributed by atoms with Gasteiger partial charge in [0.25, 0.3) is 0 Å². The molecule has 1 heterocycles. The third-order valence-electron chi connectivity index (χ3n) is 3.83. The van der Waals surface area contributed by atoms with Crippen LogP contribution in [0.4, 0.5) is 5.95 Å². The summed E-state index contributed by atoms with van der Waals surface area (Å²) in [5.74, 6) is 2.22. The van der Waals surface area contributed by atoms with Crippen LogP contribution >= 0.6 is 11.6 Å². The van der Waals surface area contributed by atoms with Crippen molar-refractivity contribution in [3.8, 4) is 6.01 Å². The summed E-state index contributed by atoms with van der Waals surface area (Å²) >= 11 is 5.85. The van der Waals surface area contributed by atoms with Crippen LogP contribution in [0.15, 0.2) is 0 Å². The van der Waals surface area contributed by atoms with E-state index in [0.717, 1.165) is 24.8 Å². The Morgan fingerprint density at radius 3 is 2.65 bits per heavy atom. The van der Waals surface area contributed by atoms with Gasteiger partial charge >= 0.3 is 6.01 Å². The van der Waals surface area contributed by atoms with Gasteiger partial charge in [0.15, 0.2) is 0 Å². The molecule has 1 aromatic heterocycles. The first-order chi connectivity index (χ1) is 9.67. The zero-order valence-electron chi connectivity index (χ0n) is 12.2. The molecule has 0 unspecified atom stereocenters. The highest BCUT2D eigenvalue weighted by atomic mass is 35.5. The van der Waals surface area contributed by atoms with Crippen LogP contribution in [0, 0.1) is 11.8 Å².